The van der Waals surface area contributed by atoms with Gasteiger partial charge in [0.2, 0.25) is 0 Å². The van der Waals surface area contributed by atoms with Crippen molar-refractivity contribution in [3.8, 4) is 5.75 Å². The molecule has 2 aliphatic heterocycles. The maximum Gasteiger partial charge on any atom is 0.482 e. The van der Waals surface area contributed by atoms with Crippen molar-refractivity contribution in [3.63, 3.8) is 0 Å². The molecule has 1 aromatic carbocycles. The van der Waals surface area contributed by atoms with Crippen LogP contribution in [0.2, 0.25) is 0 Å². The van der Waals surface area contributed by atoms with Gasteiger partial charge in [-0.25, -0.2) is 9.29 Å². The van der Waals surface area contributed by atoms with E-state index in [1.807, 2.05) is 5.32 Å². The fraction of sp³-hybridized carbons (Fsp3) is 0.312. The third-order valence-electron chi connectivity index (χ3n) is 4.43. The third-order valence-corrected chi connectivity index (χ3v) is 4.43. The molecule has 3 aliphatic rings. The number of carbonyl (C=O) groups is 3. The molecule has 2 heterocycles. The maximum absolute atomic E-state index is 14.4. The van der Waals surface area contributed by atoms with Crippen LogP contribution in [0.25, 0.3) is 0 Å². The number of ether oxygens (including phenoxy) is 1. The minimum atomic E-state index is -4.12. The van der Waals surface area contributed by atoms with E-state index in [2.05, 4.69) is 4.74 Å². The summed E-state index contributed by atoms with van der Waals surface area (Å²) in [6.45, 7) is 0. The lowest BCUT2D eigenvalue weighted by Crippen LogP contribution is -2.43. The molecule has 1 N–H and O–H groups in total. The Morgan fingerprint density at radius 3 is 2.24 bits per heavy atom. The van der Waals surface area contributed by atoms with Crippen LogP contribution in [0, 0.1) is 5.82 Å². The van der Waals surface area contributed by atoms with Crippen molar-refractivity contribution in [2.75, 3.05) is 10.2 Å². The average Bonchev–Trinajstić information content (AvgIpc) is 2.81. The molecule has 0 radical (unpaired) electrons. The molecular formula is C16H11F3N2O4. The zero-order valence-electron chi connectivity index (χ0n) is 12.7. The zero-order valence-corrected chi connectivity index (χ0v) is 12.7. The Hall–Kier alpha value is -2.84. The standard InChI is InChI=1S/C16H11F3N2O4/c17-9-5-12-10(20-15(24)16(18,19)25-12)6-11(9)21-13(22)7-3-1-2-4-8(7)14(21)23/h5-6H,1-4H2,(H,20,24). The summed E-state index contributed by atoms with van der Waals surface area (Å²) in [6, 6.07) is 1.57. The molecule has 0 saturated heterocycles. The predicted octanol–water partition coefficient (Wildman–Crippen LogP) is 2.49. The molecular weight excluding hydrogens is 341 g/mol. The lowest BCUT2D eigenvalue weighted by atomic mass is 9.93. The number of nitrogens with zero attached hydrogens (tertiary/aromatic N) is 1. The Labute approximate surface area is 139 Å². The molecule has 130 valence electrons. The van der Waals surface area contributed by atoms with E-state index in [0.29, 0.717) is 35.0 Å². The Morgan fingerprint density at radius 2 is 1.64 bits per heavy atom. The van der Waals surface area contributed by atoms with Crippen LogP contribution in [0.15, 0.2) is 23.3 Å². The molecule has 0 spiro atoms. The molecule has 3 amide bonds. The summed E-state index contributed by atoms with van der Waals surface area (Å²) in [6.07, 6.45) is -1.72. The van der Waals surface area contributed by atoms with Gasteiger partial charge in [0.15, 0.2) is 11.6 Å². The number of benzene rings is 1. The smallest absolute Gasteiger partial charge is 0.423 e. The van der Waals surface area contributed by atoms with Crippen molar-refractivity contribution in [2.24, 2.45) is 0 Å². The minimum Gasteiger partial charge on any atom is -0.423 e. The Balaban J connectivity index is 1.76. The molecule has 9 heteroatoms. The number of carbonyl (C=O) groups excluding carboxylic acids is 3. The molecule has 4 rings (SSSR count). The first-order chi connectivity index (χ1) is 11.8. The van der Waals surface area contributed by atoms with Gasteiger partial charge in [0.1, 0.15) is 0 Å². The van der Waals surface area contributed by atoms with Crippen molar-refractivity contribution in [2.45, 2.75) is 31.8 Å². The number of imide groups is 1. The number of hydrogen-bond acceptors (Lipinski definition) is 4. The molecule has 1 aliphatic carbocycles. The average molecular weight is 352 g/mol. The summed E-state index contributed by atoms with van der Waals surface area (Å²) in [7, 11) is 0. The Bertz CT molecular complexity index is 850. The lowest BCUT2D eigenvalue weighted by molar-refractivity contribution is -0.189. The van der Waals surface area contributed by atoms with Crippen molar-refractivity contribution in [3.05, 3.63) is 29.1 Å². The molecule has 0 unspecified atom stereocenters. The van der Waals surface area contributed by atoms with E-state index in [0.717, 1.165) is 18.9 Å². The zero-order chi connectivity index (χ0) is 17.9. The van der Waals surface area contributed by atoms with Crippen LogP contribution in [0.1, 0.15) is 25.7 Å². The summed E-state index contributed by atoms with van der Waals surface area (Å²) >= 11 is 0. The van der Waals surface area contributed by atoms with Crippen LogP contribution in [0.4, 0.5) is 24.5 Å². The highest BCUT2D eigenvalue weighted by molar-refractivity contribution is 6.33. The first-order valence-corrected chi connectivity index (χ1v) is 7.62. The summed E-state index contributed by atoms with van der Waals surface area (Å²) in [5, 5.41) is 1.89. The topological polar surface area (TPSA) is 75.7 Å². The minimum absolute atomic E-state index is 0.238. The van der Waals surface area contributed by atoms with Gasteiger partial charge < -0.3 is 10.1 Å². The highest BCUT2D eigenvalue weighted by Crippen LogP contribution is 2.42. The second kappa shape index (κ2) is 5.08. The van der Waals surface area contributed by atoms with Crippen LogP contribution >= 0.6 is 0 Å². The second-order valence-corrected chi connectivity index (χ2v) is 5.98. The van der Waals surface area contributed by atoms with E-state index in [-0.39, 0.29) is 5.69 Å². The third kappa shape index (κ3) is 2.22. The van der Waals surface area contributed by atoms with Gasteiger partial charge in [-0.15, -0.1) is 0 Å². The van der Waals surface area contributed by atoms with Crippen LogP contribution in [-0.2, 0) is 14.4 Å². The number of hydrogen-bond donors (Lipinski definition) is 1. The maximum atomic E-state index is 14.4. The fourth-order valence-corrected chi connectivity index (χ4v) is 3.23. The van der Waals surface area contributed by atoms with Crippen molar-refractivity contribution in [1.29, 1.82) is 0 Å². The Morgan fingerprint density at radius 1 is 1.04 bits per heavy atom. The number of halogens is 3. The van der Waals surface area contributed by atoms with Crippen LogP contribution < -0.4 is 15.0 Å². The van der Waals surface area contributed by atoms with Gasteiger partial charge >= 0.3 is 12.0 Å². The fourth-order valence-electron chi connectivity index (χ4n) is 3.23. The number of alkyl halides is 2. The molecule has 1 aromatic rings. The van der Waals surface area contributed by atoms with Crippen molar-refractivity contribution in [1.82, 2.24) is 0 Å². The Kier molecular flexibility index (Phi) is 3.18. The second-order valence-electron chi connectivity index (χ2n) is 5.98. The molecule has 0 fully saturated rings. The predicted molar refractivity (Wildman–Crippen MR) is 78.6 cm³/mol. The van der Waals surface area contributed by atoms with Gasteiger partial charge in [-0.2, -0.15) is 8.78 Å². The number of fused-ring (bicyclic) bond motifs is 1. The van der Waals surface area contributed by atoms with Gasteiger partial charge in [-0.1, -0.05) is 0 Å². The van der Waals surface area contributed by atoms with Gasteiger partial charge in [0, 0.05) is 17.2 Å². The van der Waals surface area contributed by atoms with Gasteiger partial charge in [-0.05, 0) is 31.7 Å². The van der Waals surface area contributed by atoms with Gasteiger partial charge in [0.25, 0.3) is 11.8 Å². The summed E-state index contributed by atoms with van der Waals surface area (Å²) < 4.78 is 45.1. The summed E-state index contributed by atoms with van der Waals surface area (Å²) in [5.41, 5.74) is 0.0791. The first kappa shape index (κ1) is 15.7. The number of amides is 3. The monoisotopic (exact) mass is 352 g/mol. The highest BCUT2D eigenvalue weighted by atomic mass is 19.3. The van der Waals surface area contributed by atoms with Crippen molar-refractivity contribution < 1.29 is 32.3 Å². The van der Waals surface area contributed by atoms with Gasteiger partial charge in [-0.3, -0.25) is 14.4 Å². The summed E-state index contributed by atoms with van der Waals surface area (Å²) in [5.74, 6) is -4.61. The number of nitrogens with one attached hydrogen (secondary N) is 1. The molecule has 6 nitrogen and oxygen atoms in total. The van der Waals surface area contributed by atoms with E-state index in [1.165, 1.54) is 0 Å². The molecule has 0 atom stereocenters. The SMILES string of the molecule is O=C1C2=C(CCCC2)C(=O)N1c1cc2c(cc1F)OC(F)(F)C(=O)N2. The van der Waals surface area contributed by atoms with Crippen LogP contribution in [0.3, 0.4) is 0 Å². The van der Waals surface area contributed by atoms with Crippen LogP contribution in [-0.4, -0.2) is 23.8 Å². The molecule has 0 aromatic heterocycles. The molecule has 25 heavy (non-hydrogen) atoms. The van der Waals surface area contributed by atoms with E-state index >= 15 is 0 Å². The molecule has 0 bridgehead atoms. The quantitative estimate of drug-likeness (QED) is 0.788. The van der Waals surface area contributed by atoms with Crippen molar-refractivity contribution >= 4 is 29.1 Å². The van der Waals surface area contributed by atoms with E-state index < -0.39 is 41.1 Å². The van der Waals surface area contributed by atoms with E-state index in [9.17, 15) is 27.6 Å². The van der Waals surface area contributed by atoms with E-state index in [4.69, 9.17) is 0 Å². The highest BCUT2D eigenvalue weighted by Gasteiger charge is 2.47. The largest absolute Gasteiger partial charge is 0.482 e. The number of rotatable bonds is 1. The summed E-state index contributed by atoms with van der Waals surface area (Å²) in [4.78, 5) is 36.9. The first-order valence-electron chi connectivity index (χ1n) is 7.62. The van der Waals surface area contributed by atoms with E-state index in [1.54, 1.807) is 0 Å². The number of anilines is 2. The normalized spacial score (nSPS) is 21.7. The van der Waals surface area contributed by atoms with Crippen LogP contribution in [0.5, 0.6) is 5.75 Å². The van der Waals surface area contributed by atoms with Gasteiger partial charge in [0.05, 0.1) is 11.4 Å². The molecule has 0 saturated carbocycles. The lowest BCUT2D eigenvalue weighted by Gasteiger charge is -2.26.